The number of hydrogen-bond acceptors (Lipinski definition) is 4. The Morgan fingerprint density at radius 3 is 2.38 bits per heavy atom. The summed E-state index contributed by atoms with van der Waals surface area (Å²) >= 11 is 0. The third-order valence-electron chi connectivity index (χ3n) is 1.78. The molecule has 6 heteroatoms. The topological polar surface area (TPSA) is 77.8 Å². The first-order valence-electron chi connectivity index (χ1n) is 3.75. The summed E-state index contributed by atoms with van der Waals surface area (Å²) in [6.45, 7) is 4.94. The van der Waals surface area contributed by atoms with Gasteiger partial charge in [-0.1, -0.05) is 6.58 Å². The molecule has 0 saturated heterocycles. The quantitative estimate of drug-likeness (QED) is 0.369. The molecule has 2 N–H and O–H groups in total. The fraction of sp³-hybridized carbons (Fsp3) is 0.714. The molecule has 0 radical (unpaired) electrons. The van der Waals surface area contributed by atoms with Crippen molar-refractivity contribution >= 4 is 10.1 Å². The molecule has 0 aromatic heterocycles. The molecule has 0 bridgehead atoms. The number of aliphatic hydroxyl groups excluding tert-OH is 1. The van der Waals surface area contributed by atoms with Crippen LogP contribution in [0.15, 0.2) is 12.7 Å². The molecule has 0 aliphatic carbocycles. The first-order valence-corrected chi connectivity index (χ1v) is 5.36. The van der Waals surface area contributed by atoms with E-state index >= 15 is 0 Å². The number of likely N-dealkylation sites (N-methyl/N-ethyl adjacent to an activating group) is 1. The maximum atomic E-state index is 10.5. The zero-order valence-electron chi connectivity index (χ0n) is 7.71. The first kappa shape index (κ1) is 12.6. The van der Waals surface area contributed by atoms with Crippen molar-refractivity contribution < 1.29 is 18.1 Å². The van der Waals surface area contributed by atoms with Crippen LogP contribution < -0.4 is 0 Å². The lowest BCUT2D eigenvalue weighted by Crippen LogP contribution is -2.41. The summed E-state index contributed by atoms with van der Waals surface area (Å²) in [7, 11) is -2.45. The predicted octanol–water partition coefficient (Wildman–Crippen LogP) is -0.301. The summed E-state index contributed by atoms with van der Waals surface area (Å²) < 4.78 is 29.5. The molecular weight excluding hydrogens is 194 g/mol. The van der Waals surface area contributed by atoms with Crippen molar-refractivity contribution in [2.24, 2.45) is 0 Å². The Hall–Kier alpha value is -0.430. The largest absolute Gasteiger partial charge is 0.375 e. The predicted molar refractivity (Wildman–Crippen MR) is 49.8 cm³/mol. The minimum absolute atomic E-state index is 0.408. The summed E-state index contributed by atoms with van der Waals surface area (Å²) in [4.78, 5) is 1.39. The van der Waals surface area contributed by atoms with E-state index in [0.29, 0.717) is 0 Å². The second kappa shape index (κ2) is 4.71. The van der Waals surface area contributed by atoms with Gasteiger partial charge in [-0.2, -0.15) is 8.42 Å². The van der Waals surface area contributed by atoms with Crippen molar-refractivity contribution in [2.45, 2.75) is 19.2 Å². The van der Waals surface area contributed by atoms with Gasteiger partial charge in [0, 0.05) is 6.04 Å². The van der Waals surface area contributed by atoms with E-state index in [1.54, 1.807) is 14.0 Å². The van der Waals surface area contributed by atoms with Gasteiger partial charge in [0.25, 0.3) is 10.1 Å². The lowest BCUT2D eigenvalue weighted by molar-refractivity contribution is 0.0419. The minimum Gasteiger partial charge on any atom is -0.375 e. The zero-order valence-corrected chi connectivity index (χ0v) is 8.53. The van der Waals surface area contributed by atoms with Crippen molar-refractivity contribution in [3.8, 4) is 0 Å². The maximum Gasteiger partial charge on any atom is 0.266 e. The molecule has 0 amide bonds. The van der Waals surface area contributed by atoms with Crippen LogP contribution in [-0.4, -0.2) is 48.0 Å². The van der Waals surface area contributed by atoms with Crippen LogP contribution in [0.4, 0.5) is 0 Å². The van der Waals surface area contributed by atoms with Crippen molar-refractivity contribution in [1.29, 1.82) is 0 Å². The monoisotopic (exact) mass is 209 g/mol. The summed E-state index contributed by atoms with van der Waals surface area (Å²) in [6, 6.07) is -0.469. The number of hydrogen-bond donors (Lipinski definition) is 2. The molecule has 2 atom stereocenters. The smallest absolute Gasteiger partial charge is 0.266 e. The van der Waals surface area contributed by atoms with E-state index in [1.165, 1.54) is 11.0 Å². The first-order chi connectivity index (χ1) is 5.78. The number of aliphatic hydroxyl groups is 1. The van der Waals surface area contributed by atoms with E-state index < -0.39 is 28.1 Å². The summed E-state index contributed by atoms with van der Waals surface area (Å²) in [5, 5.41) is 9.23. The second-order valence-electron chi connectivity index (χ2n) is 2.91. The van der Waals surface area contributed by atoms with Crippen LogP contribution in [0, 0.1) is 0 Å². The number of rotatable bonds is 5. The van der Waals surface area contributed by atoms with Gasteiger partial charge in [-0.3, -0.25) is 9.45 Å². The van der Waals surface area contributed by atoms with Crippen molar-refractivity contribution in [2.75, 3.05) is 12.8 Å². The highest BCUT2D eigenvalue weighted by molar-refractivity contribution is 7.85. The third-order valence-corrected chi connectivity index (χ3v) is 2.68. The van der Waals surface area contributed by atoms with E-state index in [9.17, 15) is 13.5 Å². The molecule has 78 valence electrons. The Kier molecular flexibility index (Phi) is 4.55. The lowest BCUT2D eigenvalue weighted by Gasteiger charge is -2.26. The van der Waals surface area contributed by atoms with Crippen molar-refractivity contribution in [1.82, 2.24) is 4.90 Å². The Labute approximate surface area is 78.4 Å². The molecular formula is C7H15NO4S. The van der Waals surface area contributed by atoms with E-state index in [0.717, 1.165) is 0 Å². The Morgan fingerprint density at radius 2 is 2.08 bits per heavy atom. The van der Waals surface area contributed by atoms with E-state index in [2.05, 4.69) is 6.58 Å². The molecule has 13 heavy (non-hydrogen) atoms. The second-order valence-corrected chi connectivity index (χ2v) is 4.41. The molecule has 2 unspecified atom stereocenters. The average molecular weight is 209 g/mol. The van der Waals surface area contributed by atoms with E-state index in [4.69, 9.17) is 4.55 Å². The summed E-state index contributed by atoms with van der Waals surface area (Å²) in [5.41, 5.74) is 0. The van der Waals surface area contributed by atoms with Crippen molar-refractivity contribution in [3.63, 3.8) is 0 Å². The van der Waals surface area contributed by atoms with Crippen LogP contribution >= 0.6 is 0 Å². The van der Waals surface area contributed by atoms with Gasteiger partial charge in [0.15, 0.2) is 0 Å². The summed E-state index contributed by atoms with van der Waals surface area (Å²) in [6.07, 6.45) is 0.372. The van der Waals surface area contributed by atoms with Gasteiger partial charge in [-0.25, -0.2) is 0 Å². The molecule has 0 saturated carbocycles. The van der Waals surface area contributed by atoms with Crippen LogP contribution in [0.3, 0.4) is 0 Å². The molecule has 0 spiro atoms. The van der Waals surface area contributed by atoms with Gasteiger partial charge in [0.2, 0.25) is 0 Å². The molecule has 0 aromatic rings. The van der Waals surface area contributed by atoms with Crippen molar-refractivity contribution in [3.05, 3.63) is 12.7 Å². The highest BCUT2D eigenvalue weighted by Gasteiger charge is 2.19. The van der Waals surface area contributed by atoms with Crippen LogP contribution in [-0.2, 0) is 10.1 Å². The maximum absolute atomic E-state index is 10.5. The SMILES string of the molecule is C=CC(O)N(C)C(C)CS(=O)(=O)O. The zero-order chi connectivity index (χ0) is 10.6. The molecule has 0 rings (SSSR count). The molecule has 0 heterocycles. The van der Waals surface area contributed by atoms with Gasteiger partial charge < -0.3 is 5.11 Å². The molecule has 0 aliphatic heterocycles. The van der Waals surface area contributed by atoms with Gasteiger partial charge in [0.1, 0.15) is 6.23 Å². The Bertz CT molecular complexity index is 262. The van der Waals surface area contributed by atoms with E-state index in [1.807, 2.05) is 0 Å². The van der Waals surface area contributed by atoms with Gasteiger partial charge in [-0.05, 0) is 20.0 Å². The van der Waals surface area contributed by atoms with Crippen LogP contribution in [0.25, 0.3) is 0 Å². The highest BCUT2D eigenvalue weighted by Crippen LogP contribution is 2.03. The molecule has 0 aromatic carbocycles. The lowest BCUT2D eigenvalue weighted by atomic mass is 10.3. The van der Waals surface area contributed by atoms with Gasteiger partial charge >= 0.3 is 0 Å². The minimum atomic E-state index is -4.00. The molecule has 5 nitrogen and oxygen atoms in total. The number of nitrogens with zero attached hydrogens (tertiary/aromatic N) is 1. The van der Waals surface area contributed by atoms with Gasteiger partial charge in [0.05, 0.1) is 5.75 Å². The fourth-order valence-corrected chi connectivity index (χ4v) is 1.69. The van der Waals surface area contributed by atoms with E-state index in [-0.39, 0.29) is 0 Å². The Balaban J connectivity index is 4.27. The highest BCUT2D eigenvalue weighted by atomic mass is 32.2. The normalized spacial score (nSPS) is 17.0. The van der Waals surface area contributed by atoms with Crippen LogP contribution in [0.5, 0.6) is 0 Å². The standard InChI is InChI=1S/C7H15NO4S/c1-4-7(9)8(3)6(2)5-13(10,11)12/h4,6-7,9H,1,5H2,2-3H3,(H,10,11,12). The molecule has 0 aliphatic rings. The van der Waals surface area contributed by atoms with Gasteiger partial charge in [-0.15, -0.1) is 0 Å². The van der Waals surface area contributed by atoms with Crippen LogP contribution in [0.2, 0.25) is 0 Å². The fourth-order valence-electron chi connectivity index (χ4n) is 0.849. The summed E-state index contributed by atoms with van der Waals surface area (Å²) in [5.74, 6) is -0.408. The third kappa shape index (κ3) is 4.99. The Morgan fingerprint density at radius 1 is 1.62 bits per heavy atom. The average Bonchev–Trinajstić information content (AvgIpc) is 1.98. The molecule has 0 fully saturated rings. The van der Waals surface area contributed by atoms with Crippen LogP contribution in [0.1, 0.15) is 6.92 Å².